The Morgan fingerprint density at radius 3 is 3.00 bits per heavy atom. The van der Waals surface area contributed by atoms with E-state index in [9.17, 15) is 0 Å². The molecular formula is C10H13N3. The number of hydrogen-bond donors (Lipinski definition) is 2. The summed E-state index contributed by atoms with van der Waals surface area (Å²) in [7, 11) is 0. The smallest absolute Gasteiger partial charge is 0.117 e. The topological polar surface area (TPSA) is 51.6 Å². The number of rotatable bonds is 1. The van der Waals surface area contributed by atoms with Crippen LogP contribution in [-0.4, -0.2) is 11.5 Å². The lowest BCUT2D eigenvalue weighted by atomic mass is 10.00. The van der Waals surface area contributed by atoms with Gasteiger partial charge in [0.2, 0.25) is 0 Å². The molecule has 1 aromatic heterocycles. The molecule has 2 heterocycles. The number of aromatic nitrogens is 1. The van der Waals surface area contributed by atoms with Gasteiger partial charge in [-0.25, -0.2) is 0 Å². The van der Waals surface area contributed by atoms with Crippen molar-refractivity contribution in [2.75, 3.05) is 6.54 Å². The lowest BCUT2D eigenvalue weighted by molar-refractivity contribution is 0.412. The molecule has 2 N–H and O–H groups in total. The summed E-state index contributed by atoms with van der Waals surface area (Å²) in [4.78, 5) is 2.95. The summed E-state index contributed by atoms with van der Waals surface area (Å²) in [6, 6.07) is 4.49. The highest BCUT2D eigenvalue weighted by Gasteiger charge is 2.15. The van der Waals surface area contributed by atoms with Gasteiger partial charge in [0.25, 0.3) is 0 Å². The van der Waals surface area contributed by atoms with Crippen molar-refractivity contribution in [3.05, 3.63) is 23.5 Å². The van der Waals surface area contributed by atoms with E-state index < -0.39 is 0 Å². The monoisotopic (exact) mass is 175 g/mol. The number of piperidine rings is 1. The third-order valence-corrected chi connectivity index (χ3v) is 2.54. The van der Waals surface area contributed by atoms with Gasteiger partial charge in [-0.15, -0.1) is 0 Å². The van der Waals surface area contributed by atoms with Crippen LogP contribution in [0.25, 0.3) is 0 Å². The van der Waals surface area contributed by atoms with E-state index in [1.165, 1.54) is 24.8 Å². The zero-order valence-corrected chi connectivity index (χ0v) is 7.51. The zero-order chi connectivity index (χ0) is 9.10. The summed E-state index contributed by atoms with van der Waals surface area (Å²) < 4.78 is 0. The molecule has 0 unspecified atom stereocenters. The van der Waals surface area contributed by atoms with Gasteiger partial charge >= 0.3 is 0 Å². The normalized spacial score (nSPS) is 22.5. The zero-order valence-electron chi connectivity index (χ0n) is 7.51. The van der Waals surface area contributed by atoms with Crippen LogP contribution in [0.1, 0.15) is 36.6 Å². The molecule has 2 rings (SSSR count). The maximum atomic E-state index is 8.65. The molecule has 0 radical (unpaired) electrons. The third-order valence-electron chi connectivity index (χ3n) is 2.54. The third kappa shape index (κ3) is 1.73. The molecule has 1 fully saturated rings. The Labute approximate surface area is 77.8 Å². The van der Waals surface area contributed by atoms with E-state index in [0.29, 0.717) is 11.7 Å². The largest absolute Gasteiger partial charge is 0.353 e. The van der Waals surface area contributed by atoms with E-state index in [4.69, 9.17) is 5.26 Å². The first-order valence-electron chi connectivity index (χ1n) is 4.72. The minimum absolute atomic E-state index is 0.451. The lowest BCUT2D eigenvalue weighted by Gasteiger charge is -2.22. The van der Waals surface area contributed by atoms with Crippen LogP contribution in [0.4, 0.5) is 0 Å². The molecule has 1 saturated heterocycles. The average molecular weight is 175 g/mol. The van der Waals surface area contributed by atoms with Crippen molar-refractivity contribution in [2.24, 2.45) is 0 Å². The molecule has 3 heteroatoms. The van der Waals surface area contributed by atoms with Gasteiger partial charge in [-0.3, -0.25) is 0 Å². The van der Waals surface area contributed by atoms with Crippen molar-refractivity contribution in [3.63, 3.8) is 0 Å². The second-order valence-corrected chi connectivity index (χ2v) is 3.46. The molecular weight excluding hydrogens is 162 g/mol. The highest BCUT2D eigenvalue weighted by Crippen LogP contribution is 2.22. The van der Waals surface area contributed by atoms with Gasteiger partial charge in [0.1, 0.15) is 11.8 Å². The second kappa shape index (κ2) is 3.63. The van der Waals surface area contributed by atoms with Gasteiger partial charge in [-0.05, 0) is 31.0 Å². The number of H-pyrrole nitrogens is 1. The van der Waals surface area contributed by atoms with Gasteiger partial charge in [0.05, 0.1) is 0 Å². The Bertz CT molecular complexity index is 315. The van der Waals surface area contributed by atoms with Crippen molar-refractivity contribution >= 4 is 0 Å². The molecule has 0 amide bonds. The summed E-state index contributed by atoms with van der Waals surface area (Å²) in [5.41, 5.74) is 1.87. The first kappa shape index (κ1) is 8.33. The number of hydrogen-bond acceptors (Lipinski definition) is 2. The summed E-state index contributed by atoms with van der Waals surface area (Å²) in [5.74, 6) is 0. The first-order chi connectivity index (χ1) is 6.40. The minimum atomic E-state index is 0.451. The van der Waals surface area contributed by atoms with Crippen molar-refractivity contribution in [1.82, 2.24) is 10.3 Å². The molecule has 1 aromatic rings. The number of nitrogens with one attached hydrogen (secondary N) is 2. The SMILES string of the molecule is N#Cc1cc([C@@H]2CCCCN2)c[nH]1. The molecule has 1 aliphatic rings. The van der Waals surface area contributed by atoms with Crippen LogP contribution in [0.2, 0.25) is 0 Å². The Morgan fingerprint density at radius 1 is 1.46 bits per heavy atom. The molecule has 0 spiro atoms. The number of nitriles is 1. The Kier molecular flexibility index (Phi) is 2.33. The highest BCUT2D eigenvalue weighted by atomic mass is 14.9. The summed E-state index contributed by atoms with van der Waals surface area (Å²) in [5, 5.41) is 12.1. The standard InChI is InChI=1S/C10H13N3/c11-6-9-5-8(7-13-9)10-3-1-2-4-12-10/h5,7,10,12-13H,1-4H2/t10-/m0/s1. The van der Waals surface area contributed by atoms with E-state index in [1.54, 1.807) is 0 Å². The quantitative estimate of drug-likeness (QED) is 0.682. The van der Waals surface area contributed by atoms with Crippen LogP contribution in [-0.2, 0) is 0 Å². The van der Waals surface area contributed by atoms with Gasteiger partial charge < -0.3 is 10.3 Å². The van der Waals surface area contributed by atoms with E-state index in [2.05, 4.69) is 16.4 Å². The number of nitrogens with zero attached hydrogens (tertiary/aromatic N) is 1. The van der Waals surface area contributed by atoms with Gasteiger partial charge in [0, 0.05) is 12.2 Å². The van der Waals surface area contributed by atoms with Crippen molar-refractivity contribution in [1.29, 1.82) is 5.26 Å². The van der Waals surface area contributed by atoms with E-state index >= 15 is 0 Å². The fourth-order valence-corrected chi connectivity index (χ4v) is 1.81. The molecule has 13 heavy (non-hydrogen) atoms. The van der Waals surface area contributed by atoms with E-state index in [1.807, 2.05) is 12.3 Å². The molecule has 0 aromatic carbocycles. The van der Waals surface area contributed by atoms with Gasteiger partial charge in [-0.1, -0.05) is 6.42 Å². The maximum absolute atomic E-state index is 8.65. The van der Waals surface area contributed by atoms with Crippen LogP contribution >= 0.6 is 0 Å². The summed E-state index contributed by atoms with van der Waals surface area (Å²) in [6.07, 6.45) is 5.67. The predicted molar refractivity (Wildman–Crippen MR) is 50.1 cm³/mol. The molecule has 0 saturated carbocycles. The fourth-order valence-electron chi connectivity index (χ4n) is 1.81. The molecule has 3 nitrogen and oxygen atoms in total. The maximum Gasteiger partial charge on any atom is 0.117 e. The lowest BCUT2D eigenvalue weighted by Crippen LogP contribution is -2.26. The predicted octanol–water partition coefficient (Wildman–Crippen LogP) is 1.70. The van der Waals surface area contributed by atoms with Crippen LogP contribution in [0, 0.1) is 11.3 Å². The molecule has 1 atom stereocenters. The van der Waals surface area contributed by atoms with Crippen molar-refractivity contribution in [3.8, 4) is 6.07 Å². The average Bonchev–Trinajstić information content (AvgIpc) is 2.67. The summed E-state index contributed by atoms with van der Waals surface area (Å²) >= 11 is 0. The van der Waals surface area contributed by atoms with E-state index in [0.717, 1.165) is 6.54 Å². The molecule has 68 valence electrons. The molecule has 0 bridgehead atoms. The van der Waals surface area contributed by atoms with Crippen molar-refractivity contribution in [2.45, 2.75) is 25.3 Å². The van der Waals surface area contributed by atoms with Crippen LogP contribution in [0.15, 0.2) is 12.3 Å². The second-order valence-electron chi connectivity index (χ2n) is 3.46. The molecule has 1 aliphatic heterocycles. The number of aromatic amines is 1. The Balaban J connectivity index is 2.11. The Morgan fingerprint density at radius 2 is 2.38 bits per heavy atom. The summed E-state index contributed by atoms with van der Waals surface area (Å²) in [6.45, 7) is 1.09. The van der Waals surface area contributed by atoms with Crippen molar-refractivity contribution < 1.29 is 0 Å². The van der Waals surface area contributed by atoms with Gasteiger partial charge in [0.15, 0.2) is 0 Å². The highest BCUT2D eigenvalue weighted by molar-refractivity contribution is 5.28. The van der Waals surface area contributed by atoms with Gasteiger partial charge in [-0.2, -0.15) is 5.26 Å². The Hall–Kier alpha value is -1.27. The van der Waals surface area contributed by atoms with Crippen LogP contribution in [0.5, 0.6) is 0 Å². The first-order valence-corrected chi connectivity index (χ1v) is 4.72. The molecule has 0 aliphatic carbocycles. The fraction of sp³-hybridized carbons (Fsp3) is 0.500. The minimum Gasteiger partial charge on any atom is -0.353 e. The van der Waals surface area contributed by atoms with Crippen LogP contribution in [0.3, 0.4) is 0 Å². The van der Waals surface area contributed by atoms with Crippen LogP contribution < -0.4 is 5.32 Å². The van der Waals surface area contributed by atoms with E-state index in [-0.39, 0.29) is 0 Å².